The van der Waals surface area contributed by atoms with Crippen LogP contribution in [0.1, 0.15) is 23.2 Å². The fraction of sp³-hybridized carbons (Fsp3) is 0.294. The van der Waals surface area contributed by atoms with Crippen LogP contribution in [0.3, 0.4) is 0 Å². The molecule has 0 spiro atoms. The largest absolute Gasteiger partial charge is 0.481 e. The number of pyridine rings is 1. The first-order valence-corrected chi connectivity index (χ1v) is 15.2. The standard InChI is InChI=1S/C34H32F2N6O4/c1-39-9-10-41(34(39)44)29-18-25(40-11-13-45-14-12-40)20-42-32(29)38-30(31(33(42)43)46-21-22-5-3-2-4-6-22)28-17-24(19-37-28)15-23-7-8-26(35)27(36)16-23/h2-8,16,18-20H,9-15,17,21H2,1H3. The van der Waals surface area contributed by atoms with Gasteiger partial charge in [-0.3, -0.25) is 19.1 Å². The molecule has 10 nitrogen and oxygen atoms in total. The van der Waals surface area contributed by atoms with Gasteiger partial charge in [0.25, 0.3) is 0 Å². The Hall–Kier alpha value is -5.10. The molecule has 2 saturated heterocycles. The van der Waals surface area contributed by atoms with Crippen molar-refractivity contribution >= 4 is 28.8 Å². The van der Waals surface area contributed by atoms with E-state index in [9.17, 15) is 18.4 Å². The van der Waals surface area contributed by atoms with Gasteiger partial charge in [0.15, 0.2) is 17.3 Å². The predicted octanol–water partition coefficient (Wildman–Crippen LogP) is 4.58. The summed E-state index contributed by atoms with van der Waals surface area (Å²) in [6.45, 7) is 3.48. The van der Waals surface area contributed by atoms with Crippen LogP contribution in [-0.2, 0) is 17.8 Å². The third-order valence-corrected chi connectivity index (χ3v) is 8.44. The van der Waals surface area contributed by atoms with E-state index in [1.165, 1.54) is 16.5 Å². The summed E-state index contributed by atoms with van der Waals surface area (Å²) in [6.07, 6.45) is 4.09. The van der Waals surface area contributed by atoms with Crippen molar-refractivity contribution in [3.63, 3.8) is 0 Å². The van der Waals surface area contributed by atoms with Crippen LogP contribution < -0.4 is 20.1 Å². The first-order chi connectivity index (χ1) is 22.4. The number of fused-ring (bicyclic) bond motifs is 1. The minimum atomic E-state index is -0.913. The summed E-state index contributed by atoms with van der Waals surface area (Å²) < 4.78 is 40.7. The van der Waals surface area contributed by atoms with Gasteiger partial charge in [0.05, 0.1) is 30.3 Å². The number of carbonyl (C=O) groups is 1. The Morgan fingerprint density at radius 3 is 2.48 bits per heavy atom. The van der Waals surface area contributed by atoms with Gasteiger partial charge in [0, 0.05) is 52.0 Å². The number of amides is 2. The fourth-order valence-corrected chi connectivity index (χ4v) is 5.95. The second-order valence-corrected chi connectivity index (χ2v) is 11.6. The molecule has 0 saturated carbocycles. The molecule has 3 aliphatic heterocycles. The number of likely N-dealkylation sites (N-methyl/N-ethyl adjacent to an activating group) is 1. The molecule has 0 radical (unpaired) electrons. The molecule has 4 aromatic rings. The van der Waals surface area contributed by atoms with Crippen molar-refractivity contribution in [3.8, 4) is 5.75 Å². The van der Waals surface area contributed by atoms with E-state index in [-0.39, 0.29) is 24.1 Å². The van der Waals surface area contributed by atoms with Crippen molar-refractivity contribution in [1.82, 2.24) is 14.3 Å². The highest BCUT2D eigenvalue weighted by molar-refractivity contribution is 6.05. The number of hydrogen-bond acceptors (Lipinski definition) is 7. The summed E-state index contributed by atoms with van der Waals surface area (Å²) in [4.78, 5) is 42.7. The minimum Gasteiger partial charge on any atom is -0.481 e. The molecule has 3 aliphatic rings. The van der Waals surface area contributed by atoms with Crippen molar-refractivity contribution in [2.45, 2.75) is 19.4 Å². The number of morpholine rings is 1. The highest BCUT2D eigenvalue weighted by Gasteiger charge is 2.32. The van der Waals surface area contributed by atoms with Crippen LogP contribution >= 0.6 is 0 Å². The van der Waals surface area contributed by atoms with E-state index < -0.39 is 17.2 Å². The molecule has 2 aromatic heterocycles. The summed E-state index contributed by atoms with van der Waals surface area (Å²) in [5, 5.41) is 0. The molecule has 0 atom stereocenters. The maximum absolute atomic E-state index is 14.4. The van der Waals surface area contributed by atoms with Gasteiger partial charge >= 0.3 is 11.6 Å². The molecular weight excluding hydrogens is 594 g/mol. The summed E-state index contributed by atoms with van der Waals surface area (Å²) >= 11 is 0. The van der Waals surface area contributed by atoms with E-state index >= 15 is 0 Å². The average Bonchev–Trinajstić information content (AvgIpc) is 3.68. The van der Waals surface area contributed by atoms with Gasteiger partial charge in [-0.05, 0) is 41.3 Å². The molecule has 2 aromatic carbocycles. The maximum atomic E-state index is 14.4. The van der Waals surface area contributed by atoms with E-state index in [0.29, 0.717) is 74.8 Å². The topological polar surface area (TPSA) is 92.0 Å². The molecule has 236 valence electrons. The Bertz CT molecular complexity index is 1940. The molecule has 7 rings (SSSR count). The number of aromatic nitrogens is 2. The highest BCUT2D eigenvalue weighted by atomic mass is 19.2. The Morgan fingerprint density at radius 1 is 0.935 bits per heavy atom. The number of urea groups is 1. The minimum absolute atomic E-state index is 0.0394. The van der Waals surface area contributed by atoms with E-state index in [1.807, 2.05) is 36.4 Å². The third kappa shape index (κ3) is 5.71. The van der Waals surface area contributed by atoms with Gasteiger partial charge < -0.3 is 19.3 Å². The van der Waals surface area contributed by atoms with Gasteiger partial charge in [-0.15, -0.1) is 0 Å². The summed E-state index contributed by atoms with van der Waals surface area (Å²) in [6, 6.07) is 15.0. The Kier molecular flexibility index (Phi) is 7.95. The third-order valence-electron chi connectivity index (χ3n) is 8.44. The molecule has 0 aliphatic carbocycles. The van der Waals surface area contributed by atoms with Crippen LogP contribution in [0.25, 0.3) is 5.65 Å². The van der Waals surface area contributed by atoms with E-state index in [1.54, 1.807) is 29.2 Å². The van der Waals surface area contributed by atoms with Gasteiger partial charge in [-0.2, -0.15) is 0 Å². The maximum Gasteiger partial charge on any atom is 0.324 e. The number of hydrogen-bond donors (Lipinski definition) is 0. The molecule has 2 amide bonds. The van der Waals surface area contributed by atoms with Crippen LogP contribution in [0.5, 0.6) is 5.75 Å². The monoisotopic (exact) mass is 626 g/mol. The van der Waals surface area contributed by atoms with Crippen LogP contribution in [0.4, 0.5) is 25.0 Å². The number of ether oxygens (including phenoxy) is 2. The molecule has 12 heteroatoms. The first kappa shape index (κ1) is 29.6. The van der Waals surface area contributed by atoms with Gasteiger partial charge in [0.1, 0.15) is 12.3 Å². The molecule has 2 fully saturated rings. The smallest absolute Gasteiger partial charge is 0.324 e. The fourth-order valence-electron chi connectivity index (χ4n) is 5.95. The summed E-state index contributed by atoms with van der Waals surface area (Å²) in [7, 11) is 1.74. The van der Waals surface area contributed by atoms with Crippen molar-refractivity contribution in [3.05, 3.63) is 111 Å². The number of aliphatic imine (C=N–C) groups is 1. The number of nitrogens with zero attached hydrogens (tertiary/aromatic N) is 6. The molecular formula is C34H32F2N6O4. The second-order valence-electron chi connectivity index (χ2n) is 11.6. The highest BCUT2D eigenvalue weighted by Crippen LogP contribution is 2.32. The Morgan fingerprint density at radius 2 is 1.74 bits per heavy atom. The van der Waals surface area contributed by atoms with Crippen LogP contribution in [0, 0.1) is 11.6 Å². The number of rotatable bonds is 8. The number of halogens is 2. The summed E-state index contributed by atoms with van der Waals surface area (Å²) in [5.74, 6) is -1.78. The molecule has 5 heterocycles. The van der Waals surface area contributed by atoms with Crippen molar-refractivity contribution < 1.29 is 23.0 Å². The summed E-state index contributed by atoms with van der Waals surface area (Å²) in [5.41, 5.74) is 4.27. The van der Waals surface area contributed by atoms with Crippen molar-refractivity contribution in [2.75, 3.05) is 56.2 Å². The quantitative estimate of drug-likeness (QED) is 0.285. The zero-order valence-corrected chi connectivity index (χ0v) is 25.3. The van der Waals surface area contributed by atoms with Gasteiger partial charge in [0.2, 0.25) is 5.75 Å². The normalized spacial score (nSPS) is 16.8. The van der Waals surface area contributed by atoms with E-state index in [2.05, 4.69) is 9.89 Å². The molecule has 46 heavy (non-hydrogen) atoms. The first-order valence-electron chi connectivity index (χ1n) is 15.2. The lowest BCUT2D eigenvalue weighted by atomic mass is 10.0. The van der Waals surface area contributed by atoms with Crippen LogP contribution in [-0.4, -0.2) is 72.5 Å². The predicted molar refractivity (Wildman–Crippen MR) is 170 cm³/mol. The van der Waals surface area contributed by atoms with Gasteiger partial charge in [-0.1, -0.05) is 36.4 Å². The number of carbonyl (C=O) groups excluding carboxylic acids is 1. The lowest BCUT2D eigenvalue weighted by molar-refractivity contribution is 0.122. The van der Waals surface area contributed by atoms with Crippen LogP contribution in [0.2, 0.25) is 0 Å². The van der Waals surface area contributed by atoms with Gasteiger partial charge in [-0.25, -0.2) is 18.6 Å². The number of benzene rings is 2. The zero-order valence-electron chi connectivity index (χ0n) is 25.3. The average molecular weight is 627 g/mol. The Balaban J connectivity index is 1.32. The van der Waals surface area contributed by atoms with Crippen molar-refractivity contribution in [2.24, 2.45) is 4.99 Å². The van der Waals surface area contributed by atoms with E-state index in [0.717, 1.165) is 22.9 Å². The lowest BCUT2D eigenvalue weighted by Gasteiger charge is -2.30. The zero-order chi connectivity index (χ0) is 31.8. The number of allylic oxidation sites excluding steroid dienone is 1. The molecule has 0 bridgehead atoms. The Labute approximate surface area is 263 Å². The lowest BCUT2D eigenvalue weighted by Crippen LogP contribution is -2.37. The SMILES string of the molecule is CN1CCN(c2cc(N3CCOCC3)cn3c(=O)c(OCc4ccccc4)c(C4=NC=C(Cc5ccc(F)c(F)c5)C4)nc23)C1=O. The number of anilines is 2. The molecule has 0 N–H and O–H groups in total. The second kappa shape index (κ2) is 12.4. The van der Waals surface area contributed by atoms with E-state index in [4.69, 9.17) is 14.5 Å². The van der Waals surface area contributed by atoms with Crippen LogP contribution in [0.15, 0.2) is 82.4 Å². The molecule has 0 unspecified atom stereocenters. The van der Waals surface area contributed by atoms with Crippen molar-refractivity contribution in [1.29, 1.82) is 0 Å².